The highest BCUT2D eigenvalue weighted by atomic mass is 14.5. The fourth-order valence-corrected chi connectivity index (χ4v) is 1.72. The summed E-state index contributed by atoms with van der Waals surface area (Å²) < 4.78 is 0. The van der Waals surface area contributed by atoms with Crippen LogP contribution in [0.5, 0.6) is 0 Å². The van der Waals surface area contributed by atoms with Gasteiger partial charge in [0.15, 0.2) is 0 Å². The highest BCUT2D eigenvalue weighted by molar-refractivity contribution is 5.20. The number of hydrogen-bond acceptors (Lipinski definition) is 1. The molecule has 1 rings (SSSR count). The van der Waals surface area contributed by atoms with E-state index in [1.54, 1.807) is 6.20 Å². The molecule has 0 aromatic rings. The van der Waals surface area contributed by atoms with Gasteiger partial charge in [-0.15, -0.1) is 0 Å². The molecule has 1 saturated carbocycles. The Morgan fingerprint density at radius 2 is 2.00 bits per heavy atom. The predicted molar refractivity (Wildman–Crippen MR) is 58.1 cm³/mol. The summed E-state index contributed by atoms with van der Waals surface area (Å²) in [6.07, 6.45) is 6.33. The van der Waals surface area contributed by atoms with Crippen LogP contribution in [0, 0.1) is 17.3 Å². The summed E-state index contributed by atoms with van der Waals surface area (Å²) in [6.45, 7) is 11.0. The molecular formula is C12H21N. The second kappa shape index (κ2) is 3.57. The maximum absolute atomic E-state index is 5.38. The van der Waals surface area contributed by atoms with Gasteiger partial charge in [-0.1, -0.05) is 39.0 Å². The van der Waals surface area contributed by atoms with Crippen LogP contribution < -0.4 is 5.73 Å². The van der Waals surface area contributed by atoms with Gasteiger partial charge in [0.25, 0.3) is 0 Å². The molecule has 1 aliphatic rings. The molecule has 2 unspecified atom stereocenters. The Bertz CT molecular complexity index is 223. The van der Waals surface area contributed by atoms with E-state index in [9.17, 15) is 0 Å². The van der Waals surface area contributed by atoms with E-state index in [4.69, 9.17) is 5.73 Å². The van der Waals surface area contributed by atoms with E-state index in [1.807, 2.05) is 0 Å². The van der Waals surface area contributed by atoms with Crippen LogP contribution >= 0.6 is 0 Å². The Kier molecular flexibility index (Phi) is 2.84. The number of allylic oxidation sites excluding steroid dienone is 2. The second-order valence-corrected chi connectivity index (χ2v) is 4.62. The fourth-order valence-electron chi connectivity index (χ4n) is 1.72. The van der Waals surface area contributed by atoms with Gasteiger partial charge in [-0.2, -0.15) is 0 Å². The van der Waals surface area contributed by atoms with Crippen molar-refractivity contribution in [2.45, 2.75) is 33.6 Å². The van der Waals surface area contributed by atoms with Crippen LogP contribution in [0.1, 0.15) is 33.6 Å². The molecule has 2 N–H and O–H groups in total. The third kappa shape index (κ3) is 2.15. The van der Waals surface area contributed by atoms with Crippen LogP contribution in [0.3, 0.4) is 0 Å². The first-order valence-corrected chi connectivity index (χ1v) is 5.09. The fraction of sp³-hybridized carbons (Fsp3) is 0.667. The molecule has 74 valence electrons. The molecule has 13 heavy (non-hydrogen) atoms. The third-order valence-corrected chi connectivity index (χ3v) is 3.53. The van der Waals surface area contributed by atoms with Gasteiger partial charge in [0.05, 0.1) is 0 Å². The second-order valence-electron chi connectivity index (χ2n) is 4.62. The van der Waals surface area contributed by atoms with Crippen molar-refractivity contribution in [3.8, 4) is 0 Å². The zero-order valence-electron chi connectivity index (χ0n) is 9.01. The van der Waals surface area contributed by atoms with Crippen LogP contribution in [0.4, 0.5) is 0 Å². The van der Waals surface area contributed by atoms with Gasteiger partial charge < -0.3 is 5.73 Å². The molecule has 0 aromatic heterocycles. The Morgan fingerprint density at radius 1 is 1.46 bits per heavy atom. The quantitative estimate of drug-likeness (QED) is 0.659. The number of rotatable bonds is 4. The minimum atomic E-state index is 0.441. The van der Waals surface area contributed by atoms with E-state index in [2.05, 4.69) is 33.4 Å². The van der Waals surface area contributed by atoms with Gasteiger partial charge in [0.1, 0.15) is 0 Å². The number of hydrogen-bond donors (Lipinski definition) is 1. The van der Waals surface area contributed by atoms with Crippen molar-refractivity contribution >= 4 is 0 Å². The zero-order chi connectivity index (χ0) is 10.1. The van der Waals surface area contributed by atoms with Gasteiger partial charge in [0.2, 0.25) is 0 Å². The Labute approximate surface area is 81.7 Å². The molecule has 2 atom stereocenters. The lowest BCUT2D eigenvalue weighted by atomic mass is 9.81. The number of nitrogens with two attached hydrogens (primary N) is 1. The lowest BCUT2D eigenvalue weighted by Gasteiger charge is -2.24. The van der Waals surface area contributed by atoms with Gasteiger partial charge in [-0.25, -0.2) is 0 Å². The van der Waals surface area contributed by atoms with Gasteiger partial charge in [-0.05, 0) is 36.3 Å². The molecule has 0 aliphatic heterocycles. The molecule has 0 amide bonds. The van der Waals surface area contributed by atoms with Crippen molar-refractivity contribution in [2.24, 2.45) is 23.0 Å². The van der Waals surface area contributed by atoms with Crippen molar-refractivity contribution < 1.29 is 0 Å². The lowest BCUT2D eigenvalue weighted by molar-refractivity contribution is 0.463. The van der Waals surface area contributed by atoms with Crippen molar-refractivity contribution in [1.82, 2.24) is 0 Å². The molecule has 1 aliphatic carbocycles. The van der Waals surface area contributed by atoms with Crippen molar-refractivity contribution in [3.63, 3.8) is 0 Å². The first-order valence-electron chi connectivity index (χ1n) is 5.09. The summed E-state index contributed by atoms with van der Waals surface area (Å²) in [5.41, 5.74) is 7.22. The predicted octanol–water partition coefficient (Wildman–Crippen LogP) is 3.09. The van der Waals surface area contributed by atoms with Crippen molar-refractivity contribution in [2.75, 3.05) is 0 Å². The van der Waals surface area contributed by atoms with Crippen LogP contribution in [-0.2, 0) is 0 Å². The first kappa shape index (κ1) is 10.4. The molecule has 1 nitrogen and oxygen atoms in total. The van der Waals surface area contributed by atoms with Crippen LogP contribution in [0.2, 0.25) is 0 Å². The smallest absolute Gasteiger partial charge is 0.0100 e. The van der Waals surface area contributed by atoms with E-state index in [0.29, 0.717) is 17.3 Å². The molecule has 1 heteroatoms. The molecule has 0 radical (unpaired) electrons. The molecule has 0 aromatic carbocycles. The average Bonchev–Trinajstić information content (AvgIpc) is 2.83. The first-order chi connectivity index (χ1) is 6.01. The largest absolute Gasteiger partial charge is 0.405 e. The molecule has 0 saturated heterocycles. The normalized spacial score (nSPS) is 24.2. The van der Waals surface area contributed by atoms with E-state index in [1.165, 1.54) is 18.4 Å². The Balaban J connectivity index is 2.56. The molecule has 1 fully saturated rings. The molecule has 0 bridgehead atoms. The topological polar surface area (TPSA) is 26.0 Å². The van der Waals surface area contributed by atoms with E-state index < -0.39 is 0 Å². The van der Waals surface area contributed by atoms with Gasteiger partial charge in [0, 0.05) is 0 Å². The minimum Gasteiger partial charge on any atom is -0.405 e. The average molecular weight is 179 g/mol. The molecule has 0 heterocycles. The van der Waals surface area contributed by atoms with Crippen molar-refractivity contribution in [3.05, 3.63) is 24.4 Å². The van der Waals surface area contributed by atoms with Gasteiger partial charge >= 0.3 is 0 Å². The summed E-state index contributed by atoms with van der Waals surface area (Å²) in [5, 5.41) is 0. The van der Waals surface area contributed by atoms with Crippen LogP contribution in [0.25, 0.3) is 0 Å². The standard InChI is InChI=1S/C12H21N/c1-9(5-8-13)10(2)11(3)12(4)6-7-12/h5,8-10H,3,6-7,13H2,1-2,4H3/b8-5-. The molecule has 0 spiro atoms. The third-order valence-electron chi connectivity index (χ3n) is 3.53. The zero-order valence-corrected chi connectivity index (χ0v) is 9.01. The maximum Gasteiger partial charge on any atom is -0.0100 e. The van der Waals surface area contributed by atoms with Crippen LogP contribution in [-0.4, -0.2) is 0 Å². The van der Waals surface area contributed by atoms with Crippen molar-refractivity contribution in [1.29, 1.82) is 0 Å². The monoisotopic (exact) mass is 179 g/mol. The SMILES string of the molecule is C=C(C(C)C(C)/C=C\N)C1(C)CC1. The highest BCUT2D eigenvalue weighted by Crippen LogP contribution is 2.53. The Morgan fingerprint density at radius 3 is 2.38 bits per heavy atom. The van der Waals surface area contributed by atoms with E-state index in [-0.39, 0.29) is 0 Å². The summed E-state index contributed by atoms with van der Waals surface area (Å²) in [5.74, 6) is 1.06. The van der Waals surface area contributed by atoms with Gasteiger partial charge in [-0.3, -0.25) is 0 Å². The maximum atomic E-state index is 5.38. The highest BCUT2D eigenvalue weighted by Gasteiger charge is 2.42. The molecular weight excluding hydrogens is 158 g/mol. The van der Waals surface area contributed by atoms with Crippen LogP contribution in [0.15, 0.2) is 24.4 Å². The summed E-state index contributed by atoms with van der Waals surface area (Å²) in [7, 11) is 0. The summed E-state index contributed by atoms with van der Waals surface area (Å²) >= 11 is 0. The Hall–Kier alpha value is -0.720. The summed E-state index contributed by atoms with van der Waals surface area (Å²) in [6, 6.07) is 0. The van der Waals surface area contributed by atoms with E-state index >= 15 is 0 Å². The minimum absolute atomic E-state index is 0.441. The lowest BCUT2D eigenvalue weighted by Crippen LogP contribution is -2.14. The summed E-state index contributed by atoms with van der Waals surface area (Å²) in [4.78, 5) is 0. The van der Waals surface area contributed by atoms with E-state index in [0.717, 1.165) is 0 Å².